The van der Waals surface area contributed by atoms with Crippen LogP contribution in [0.3, 0.4) is 0 Å². The minimum Gasteiger partial charge on any atom is -0.483 e. The van der Waals surface area contributed by atoms with Crippen LogP contribution in [0.25, 0.3) is 0 Å². The molecule has 3 rings (SSSR count). The van der Waals surface area contributed by atoms with Gasteiger partial charge >= 0.3 is 0 Å². The lowest BCUT2D eigenvalue weighted by Gasteiger charge is -2.26. The Morgan fingerprint density at radius 3 is 2.56 bits per heavy atom. The number of ether oxygens (including phenoxy) is 1. The zero-order valence-electron chi connectivity index (χ0n) is 16.4. The lowest BCUT2D eigenvalue weighted by atomic mass is 10.0. The first-order valence-electron chi connectivity index (χ1n) is 9.26. The predicted octanol–water partition coefficient (Wildman–Crippen LogP) is 3.56. The van der Waals surface area contributed by atoms with Crippen LogP contribution in [-0.4, -0.2) is 51.4 Å². The van der Waals surface area contributed by atoms with Crippen molar-refractivity contribution in [2.24, 2.45) is 0 Å². The molecule has 0 unspecified atom stereocenters. The van der Waals surface area contributed by atoms with E-state index in [1.807, 2.05) is 26.2 Å². The molecular formula is C20H28N2O3S2. The molecule has 0 radical (unpaired) electrons. The Bertz CT molecular complexity index is 871. The summed E-state index contributed by atoms with van der Waals surface area (Å²) >= 11 is 1.56. The smallest absolute Gasteiger partial charge is 0.243 e. The quantitative estimate of drug-likeness (QED) is 0.703. The van der Waals surface area contributed by atoms with Gasteiger partial charge in [0.25, 0.3) is 0 Å². The maximum Gasteiger partial charge on any atom is 0.243 e. The molecule has 0 fully saturated rings. The third-order valence-corrected chi connectivity index (χ3v) is 7.73. The van der Waals surface area contributed by atoms with Gasteiger partial charge in [0.2, 0.25) is 10.0 Å². The lowest BCUT2D eigenvalue weighted by Crippen LogP contribution is -2.35. The van der Waals surface area contributed by atoms with E-state index in [0.29, 0.717) is 30.5 Å². The molecule has 1 aliphatic heterocycles. The Kier molecular flexibility index (Phi) is 6.25. The Labute approximate surface area is 166 Å². The van der Waals surface area contributed by atoms with E-state index in [1.54, 1.807) is 27.8 Å². The number of fused-ring (bicyclic) bond motifs is 1. The summed E-state index contributed by atoms with van der Waals surface area (Å²) in [5.41, 5.74) is 2.36. The summed E-state index contributed by atoms with van der Waals surface area (Å²) in [6.07, 6.45) is 0.728. The van der Waals surface area contributed by atoms with Crippen molar-refractivity contribution in [1.82, 2.24) is 9.21 Å². The minimum absolute atomic E-state index is 0.370. The Hall–Kier alpha value is -1.41. The van der Waals surface area contributed by atoms with Gasteiger partial charge in [-0.2, -0.15) is 4.31 Å². The number of thiophene rings is 1. The second-order valence-corrected chi connectivity index (χ2v) is 10.5. The van der Waals surface area contributed by atoms with Crippen molar-refractivity contribution < 1.29 is 13.2 Å². The van der Waals surface area contributed by atoms with Gasteiger partial charge in [-0.3, -0.25) is 0 Å². The fraction of sp³-hybridized carbons (Fsp3) is 0.500. The van der Waals surface area contributed by atoms with Crippen molar-refractivity contribution >= 4 is 21.4 Å². The maximum atomic E-state index is 13.0. The molecule has 1 aromatic heterocycles. The standard InChI is InChI=1S/C20H28N2O3S2/c1-15(2)16-5-7-18(8-6-16)27(23,24)22-10-9-17-13-20(26-19(17)14-22)25-12-11-21(3)4/h5-8,13,15H,9-12,14H2,1-4H3. The molecule has 7 heteroatoms. The molecule has 27 heavy (non-hydrogen) atoms. The van der Waals surface area contributed by atoms with Crippen LogP contribution in [0.5, 0.6) is 5.06 Å². The van der Waals surface area contributed by atoms with E-state index in [4.69, 9.17) is 4.74 Å². The van der Waals surface area contributed by atoms with Crippen LogP contribution >= 0.6 is 11.3 Å². The Balaban J connectivity index is 1.71. The van der Waals surface area contributed by atoms with E-state index in [2.05, 4.69) is 24.8 Å². The molecule has 0 N–H and O–H groups in total. The first-order valence-corrected chi connectivity index (χ1v) is 11.5. The zero-order valence-corrected chi connectivity index (χ0v) is 18.1. The van der Waals surface area contributed by atoms with Gasteiger partial charge in [-0.05, 0) is 55.8 Å². The van der Waals surface area contributed by atoms with Crippen LogP contribution in [0.4, 0.5) is 0 Å². The van der Waals surface area contributed by atoms with Crippen LogP contribution in [0.15, 0.2) is 35.2 Å². The van der Waals surface area contributed by atoms with Gasteiger partial charge in [0.1, 0.15) is 6.61 Å². The van der Waals surface area contributed by atoms with Gasteiger partial charge in [0.15, 0.2) is 5.06 Å². The fourth-order valence-electron chi connectivity index (χ4n) is 3.05. The van der Waals surface area contributed by atoms with E-state index >= 15 is 0 Å². The zero-order chi connectivity index (χ0) is 19.6. The second kappa shape index (κ2) is 8.31. The fourth-order valence-corrected chi connectivity index (χ4v) is 5.64. The summed E-state index contributed by atoms with van der Waals surface area (Å²) in [5, 5.41) is 0.877. The first kappa shape index (κ1) is 20.3. The number of sulfonamides is 1. The SMILES string of the molecule is CC(C)c1ccc(S(=O)(=O)N2CCc3cc(OCCN(C)C)sc3C2)cc1. The van der Waals surface area contributed by atoms with E-state index < -0.39 is 10.0 Å². The number of likely N-dealkylation sites (N-methyl/N-ethyl adjacent to an activating group) is 1. The highest BCUT2D eigenvalue weighted by Gasteiger charge is 2.29. The summed E-state index contributed by atoms with van der Waals surface area (Å²) in [7, 11) is 0.553. The topological polar surface area (TPSA) is 49.9 Å². The van der Waals surface area contributed by atoms with Crippen LogP contribution in [0.1, 0.15) is 35.8 Å². The average Bonchev–Trinajstić information content (AvgIpc) is 3.03. The Morgan fingerprint density at radius 2 is 1.93 bits per heavy atom. The third-order valence-electron chi connectivity index (χ3n) is 4.79. The molecule has 0 amide bonds. The number of hydrogen-bond acceptors (Lipinski definition) is 5. The molecule has 0 atom stereocenters. The number of rotatable bonds is 7. The summed E-state index contributed by atoms with van der Waals surface area (Å²) < 4.78 is 33.5. The Morgan fingerprint density at radius 1 is 1.22 bits per heavy atom. The normalized spacial score (nSPS) is 15.3. The molecule has 148 valence electrons. The molecule has 0 bridgehead atoms. The van der Waals surface area contributed by atoms with Gasteiger partial charge < -0.3 is 9.64 Å². The highest BCUT2D eigenvalue weighted by atomic mass is 32.2. The van der Waals surface area contributed by atoms with Crippen molar-refractivity contribution in [3.05, 3.63) is 46.3 Å². The van der Waals surface area contributed by atoms with Gasteiger partial charge in [0, 0.05) is 24.5 Å². The highest BCUT2D eigenvalue weighted by molar-refractivity contribution is 7.89. The van der Waals surface area contributed by atoms with Crippen molar-refractivity contribution in [2.75, 3.05) is 33.8 Å². The van der Waals surface area contributed by atoms with Crippen molar-refractivity contribution in [2.45, 2.75) is 37.6 Å². The van der Waals surface area contributed by atoms with Gasteiger partial charge in [-0.1, -0.05) is 26.0 Å². The second-order valence-electron chi connectivity index (χ2n) is 7.48. The largest absolute Gasteiger partial charge is 0.483 e. The van der Waals surface area contributed by atoms with Gasteiger partial charge in [-0.15, -0.1) is 11.3 Å². The molecule has 2 aromatic rings. The summed E-state index contributed by atoms with van der Waals surface area (Å²) in [6.45, 7) is 6.63. The predicted molar refractivity (Wildman–Crippen MR) is 110 cm³/mol. The summed E-state index contributed by atoms with van der Waals surface area (Å²) in [6, 6.07) is 9.34. The van der Waals surface area contributed by atoms with E-state index in [0.717, 1.165) is 28.5 Å². The summed E-state index contributed by atoms with van der Waals surface area (Å²) in [5.74, 6) is 0.385. The van der Waals surface area contributed by atoms with Crippen LogP contribution in [0.2, 0.25) is 0 Å². The lowest BCUT2D eigenvalue weighted by molar-refractivity contribution is 0.267. The molecule has 0 spiro atoms. The van der Waals surface area contributed by atoms with Gasteiger partial charge in [-0.25, -0.2) is 8.42 Å². The van der Waals surface area contributed by atoms with Gasteiger partial charge in [0.05, 0.1) is 4.90 Å². The first-order chi connectivity index (χ1) is 12.8. The molecule has 5 nitrogen and oxygen atoms in total. The molecule has 0 aliphatic carbocycles. The third kappa shape index (κ3) is 4.71. The van der Waals surface area contributed by atoms with Crippen molar-refractivity contribution in [1.29, 1.82) is 0 Å². The minimum atomic E-state index is -3.47. The monoisotopic (exact) mass is 408 g/mol. The molecule has 1 aromatic carbocycles. The molecule has 1 aliphatic rings. The average molecular weight is 409 g/mol. The molecule has 0 saturated carbocycles. The van der Waals surface area contributed by atoms with Crippen LogP contribution < -0.4 is 4.74 Å². The van der Waals surface area contributed by atoms with Crippen LogP contribution in [-0.2, 0) is 23.0 Å². The van der Waals surface area contributed by atoms with E-state index in [-0.39, 0.29) is 0 Å². The van der Waals surface area contributed by atoms with Crippen LogP contribution in [0, 0.1) is 0 Å². The molecule has 2 heterocycles. The van der Waals surface area contributed by atoms with E-state index in [9.17, 15) is 8.42 Å². The number of hydrogen-bond donors (Lipinski definition) is 0. The van der Waals surface area contributed by atoms with Crippen molar-refractivity contribution in [3.8, 4) is 5.06 Å². The molecule has 0 saturated heterocycles. The van der Waals surface area contributed by atoms with E-state index in [1.165, 1.54) is 5.56 Å². The maximum absolute atomic E-state index is 13.0. The number of nitrogens with zero attached hydrogens (tertiary/aromatic N) is 2. The number of benzene rings is 1. The highest BCUT2D eigenvalue weighted by Crippen LogP contribution is 2.35. The van der Waals surface area contributed by atoms with Crippen molar-refractivity contribution in [3.63, 3.8) is 0 Å². The summed E-state index contributed by atoms with van der Waals surface area (Å²) in [4.78, 5) is 3.53. The molecular weight excluding hydrogens is 380 g/mol.